The Balaban J connectivity index is 1.62. The molecule has 0 saturated heterocycles. The number of carbonyl (C=O) groups excluding carboxylic acids is 3. The fourth-order valence-electron chi connectivity index (χ4n) is 5.54. The minimum Gasteiger partial charge on any atom is -0.507 e. The number of nitrogens with zero attached hydrogens (tertiary/aromatic N) is 1. The lowest BCUT2D eigenvalue weighted by atomic mass is 9.70. The number of allylic oxidation sites excluding steroid dienone is 4. The quantitative estimate of drug-likeness (QED) is 0.202. The average Bonchev–Trinajstić information content (AvgIpc) is 3.41. The van der Waals surface area contributed by atoms with Crippen LogP contribution in [0.3, 0.4) is 0 Å². The van der Waals surface area contributed by atoms with E-state index in [0.29, 0.717) is 17.9 Å². The number of phenols is 2. The molecule has 9 nitrogen and oxygen atoms in total. The zero-order valence-electron chi connectivity index (χ0n) is 22.7. The number of H-pyrrole nitrogens is 1. The van der Waals surface area contributed by atoms with Gasteiger partial charge in [-0.1, -0.05) is 26.0 Å². The second-order valence-corrected chi connectivity index (χ2v) is 10.9. The van der Waals surface area contributed by atoms with Gasteiger partial charge in [-0.2, -0.15) is 0 Å². The van der Waals surface area contributed by atoms with Crippen LogP contribution in [0, 0.1) is 12.8 Å². The van der Waals surface area contributed by atoms with E-state index < -0.39 is 28.5 Å². The number of benzene rings is 2. The predicted molar refractivity (Wildman–Crippen MR) is 145 cm³/mol. The highest BCUT2D eigenvalue weighted by molar-refractivity contribution is 6.31. The first kappa shape index (κ1) is 26.2. The van der Waals surface area contributed by atoms with Gasteiger partial charge in [-0.3, -0.25) is 14.4 Å². The van der Waals surface area contributed by atoms with E-state index in [4.69, 9.17) is 9.72 Å². The summed E-state index contributed by atoms with van der Waals surface area (Å²) in [5.74, 6) is -1.53. The number of ether oxygens (including phenoxy) is 1. The number of aromatic nitrogens is 2. The number of carbonyl (C=O) groups is 3. The Labute approximate surface area is 225 Å². The number of phenolic OH excluding ortho intramolecular Hbond substituents is 2. The molecule has 5 rings (SSSR count). The van der Waals surface area contributed by atoms with Crippen LogP contribution in [0.15, 0.2) is 47.4 Å². The summed E-state index contributed by atoms with van der Waals surface area (Å²) in [6.07, 6.45) is 1.90. The topological polar surface area (TPSA) is 142 Å². The Morgan fingerprint density at radius 1 is 1.15 bits per heavy atom. The maximum absolute atomic E-state index is 14.1. The Bertz CT molecular complexity index is 1610. The first-order valence-electron chi connectivity index (χ1n) is 12.9. The number of nitrogens with one attached hydrogen (secondary N) is 2. The predicted octanol–water partition coefficient (Wildman–Crippen LogP) is 4.82. The van der Waals surface area contributed by atoms with E-state index in [0.717, 1.165) is 11.0 Å². The van der Waals surface area contributed by atoms with Gasteiger partial charge in [-0.15, -0.1) is 0 Å². The molecular formula is C30H31N3O6. The summed E-state index contributed by atoms with van der Waals surface area (Å²) in [5, 5.41) is 24.9. The molecule has 1 aliphatic carbocycles. The molecule has 202 valence electrons. The molecule has 2 aromatic carbocycles. The van der Waals surface area contributed by atoms with Crippen molar-refractivity contribution in [1.29, 1.82) is 0 Å². The van der Waals surface area contributed by atoms with Crippen LogP contribution in [0.1, 0.15) is 74.4 Å². The number of hydrogen-bond acceptors (Lipinski definition) is 8. The van der Waals surface area contributed by atoms with Gasteiger partial charge in [0.2, 0.25) is 0 Å². The zero-order chi connectivity index (χ0) is 28.4. The molecule has 9 heteroatoms. The van der Waals surface area contributed by atoms with Gasteiger partial charge in [0.05, 0.1) is 28.2 Å². The highest BCUT2D eigenvalue weighted by atomic mass is 16.5. The lowest BCUT2D eigenvalue weighted by Crippen LogP contribution is -2.41. The zero-order valence-corrected chi connectivity index (χ0v) is 22.7. The third-order valence-corrected chi connectivity index (χ3v) is 7.60. The van der Waals surface area contributed by atoms with Gasteiger partial charge in [0.25, 0.3) is 0 Å². The van der Waals surface area contributed by atoms with Crippen molar-refractivity contribution < 1.29 is 29.3 Å². The van der Waals surface area contributed by atoms with Gasteiger partial charge in [-0.25, -0.2) is 4.98 Å². The van der Waals surface area contributed by atoms with Crippen LogP contribution in [0.25, 0.3) is 11.0 Å². The summed E-state index contributed by atoms with van der Waals surface area (Å²) < 4.78 is 5.85. The first-order valence-corrected chi connectivity index (χ1v) is 12.9. The number of Topliss-reactive ketones (excluding diaryl/α,β-unsaturated/α-hetero) is 2. The molecule has 2 aliphatic rings. The SMILES string of the molecule is CC(=O)c1c(O)c(C)c(O)c2c1OC1=CC(=O)/C(=C(/C)N[C@@H](CC(C)C)c3nc4ccccc4[nH]3)C(=O)[C@@]12C. The van der Waals surface area contributed by atoms with Crippen LogP contribution >= 0.6 is 0 Å². The molecule has 2 heterocycles. The van der Waals surface area contributed by atoms with Crippen molar-refractivity contribution >= 4 is 28.4 Å². The van der Waals surface area contributed by atoms with Crippen molar-refractivity contribution in [2.24, 2.45) is 5.92 Å². The number of aromatic amines is 1. The molecule has 1 aliphatic heterocycles. The molecule has 2 atom stereocenters. The highest BCUT2D eigenvalue weighted by Gasteiger charge is 2.56. The van der Waals surface area contributed by atoms with Gasteiger partial charge in [0.1, 0.15) is 39.8 Å². The van der Waals surface area contributed by atoms with Gasteiger partial charge >= 0.3 is 0 Å². The van der Waals surface area contributed by atoms with Crippen LogP contribution in [-0.2, 0) is 15.0 Å². The number of hydrogen-bond donors (Lipinski definition) is 4. The van der Waals surface area contributed by atoms with E-state index in [2.05, 4.69) is 24.1 Å². The standard InChI is InChI=1S/C30H31N3O6/c1-13(2)11-19(29-32-17-9-7-8-10-18(17)33-29)31-15(4)22-20(35)12-21-30(6,28(22)38)24-26(37)14(3)25(36)23(16(5)34)27(24)39-21/h7-10,12-13,19,31,36-37H,11H2,1-6H3,(H,32,33)/b22-15+/t19-,30-/m0/s1. The van der Waals surface area contributed by atoms with Crippen molar-refractivity contribution in [1.82, 2.24) is 15.3 Å². The second kappa shape index (κ2) is 9.11. The van der Waals surface area contributed by atoms with Gasteiger partial charge in [-0.05, 0) is 52.2 Å². The summed E-state index contributed by atoms with van der Waals surface area (Å²) in [7, 11) is 0. The first-order chi connectivity index (χ1) is 18.4. The van der Waals surface area contributed by atoms with Gasteiger partial charge < -0.3 is 25.3 Å². The molecule has 0 unspecified atom stereocenters. The van der Waals surface area contributed by atoms with Crippen LogP contribution < -0.4 is 10.1 Å². The maximum atomic E-state index is 14.1. The molecular weight excluding hydrogens is 498 g/mol. The summed E-state index contributed by atoms with van der Waals surface area (Å²) in [5.41, 5.74) is 0.396. The van der Waals surface area contributed by atoms with Crippen molar-refractivity contribution in [3.63, 3.8) is 0 Å². The number of aromatic hydroxyl groups is 2. The van der Waals surface area contributed by atoms with E-state index in [1.54, 1.807) is 13.8 Å². The number of rotatable bonds is 6. The van der Waals surface area contributed by atoms with Crippen molar-refractivity contribution in [2.75, 3.05) is 0 Å². The van der Waals surface area contributed by atoms with E-state index in [1.165, 1.54) is 19.9 Å². The molecule has 0 bridgehead atoms. The molecule has 0 radical (unpaired) electrons. The molecule has 0 amide bonds. The molecule has 0 spiro atoms. The number of ketones is 3. The minimum absolute atomic E-state index is 0.00265. The number of para-hydroxylation sites is 2. The molecule has 4 N–H and O–H groups in total. The van der Waals surface area contributed by atoms with E-state index in [1.807, 2.05) is 24.3 Å². The smallest absolute Gasteiger partial charge is 0.194 e. The van der Waals surface area contributed by atoms with Crippen molar-refractivity contribution in [2.45, 2.75) is 59.4 Å². The van der Waals surface area contributed by atoms with E-state index in [-0.39, 0.29) is 51.5 Å². The highest BCUT2D eigenvalue weighted by Crippen LogP contribution is 2.57. The summed E-state index contributed by atoms with van der Waals surface area (Å²) in [4.78, 5) is 47.9. The molecule has 3 aromatic rings. The summed E-state index contributed by atoms with van der Waals surface area (Å²) in [6.45, 7) is 10.1. The van der Waals surface area contributed by atoms with Crippen LogP contribution in [-0.4, -0.2) is 37.5 Å². The van der Waals surface area contributed by atoms with Crippen LogP contribution in [0.4, 0.5) is 0 Å². The Morgan fingerprint density at radius 3 is 2.49 bits per heavy atom. The van der Waals surface area contributed by atoms with Gasteiger partial charge in [0, 0.05) is 17.3 Å². The normalized spacial score (nSPS) is 20.4. The van der Waals surface area contributed by atoms with Crippen LogP contribution in [0.5, 0.6) is 17.2 Å². The van der Waals surface area contributed by atoms with E-state index >= 15 is 0 Å². The molecule has 0 fully saturated rings. The Kier molecular flexibility index (Phi) is 6.13. The third-order valence-electron chi connectivity index (χ3n) is 7.60. The van der Waals surface area contributed by atoms with Crippen molar-refractivity contribution in [3.05, 3.63) is 69.9 Å². The maximum Gasteiger partial charge on any atom is 0.194 e. The molecule has 0 saturated carbocycles. The monoisotopic (exact) mass is 529 g/mol. The largest absolute Gasteiger partial charge is 0.507 e. The molecule has 39 heavy (non-hydrogen) atoms. The Hall–Kier alpha value is -4.40. The lowest BCUT2D eigenvalue weighted by Gasteiger charge is -2.30. The minimum atomic E-state index is -1.57. The van der Waals surface area contributed by atoms with E-state index in [9.17, 15) is 24.6 Å². The lowest BCUT2D eigenvalue weighted by molar-refractivity contribution is -0.123. The molecule has 1 aromatic heterocycles. The number of fused-ring (bicyclic) bond motifs is 4. The third kappa shape index (κ3) is 3.91. The second-order valence-electron chi connectivity index (χ2n) is 10.9. The fourth-order valence-corrected chi connectivity index (χ4v) is 5.54. The summed E-state index contributed by atoms with van der Waals surface area (Å²) >= 11 is 0. The average molecular weight is 530 g/mol. The Morgan fingerprint density at radius 2 is 1.85 bits per heavy atom. The van der Waals surface area contributed by atoms with Crippen molar-refractivity contribution in [3.8, 4) is 17.2 Å². The van der Waals surface area contributed by atoms with Gasteiger partial charge in [0.15, 0.2) is 17.3 Å². The van der Waals surface area contributed by atoms with Crippen LogP contribution in [0.2, 0.25) is 0 Å². The summed E-state index contributed by atoms with van der Waals surface area (Å²) in [6, 6.07) is 7.36. The fraction of sp³-hybridized carbons (Fsp3) is 0.333. The number of imidazole rings is 1.